The number of carbonyl (C=O) groups is 1. The Kier molecular flexibility index (Phi) is 11.1. The molecule has 0 aromatic carbocycles. The van der Waals surface area contributed by atoms with Crippen molar-refractivity contribution in [2.75, 3.05) is 12.4 Å². The van der Waals surface area contributed by atoms with E-state index in [0.29, 0.717) is 5.57 Å². The number of carbonyl (C=O) groups excluding carboxylic acids is 1. The standard InChI is InChI=1S/C8H15NO2.C3H5Br/c1-5(7(3)9)6(2)8(10)11-4;1-2-3-4/h7H,9H2,1-4H3;2H,1,3H2. The van der Waals surface area contributed by atoms with Crippen molar-refractivity contribution < 1.29 is 9.53 Å². The molecule has 1 unspecified atom stereocenters. The summed E-state index contributed by atoms with van der Waals surface area (Å²) in [6.07, 6.45) is 1.79. The number of alkyl halides is 1. The molecule has 0 aliphatic carbocycles. The second-order valence-electron chi connectivity index (χ2n) is 3.03. The van der Waals surface area contributed by atoms with Gasteiger partial charge in [-0.25, -0.2) is 4.79 Å². The largest absolute Gasteiger partial charge is 0.466 e. The summed E-state index contributed by atoms with van der Waals surface area (Å²) in [5, 5.41) is 0.896. The number of hydrogen-bond acceptors (Lipinski definition) is 3. The summed E-state index contributed by atoms with van der Waals surface area (Å²) in [7, 11) is 1.36. The summed E-state index contributed by atoms with van der Waals surface area (Å²) in [6.45, 7) is 8.81. The van der Waals surface area contributed by atoms with E-state index in [0.717, 1.165) is 10.9 Å². The zero-order valence-corrected chi connectivity index (χ0v) is 11.4. The van der Waals surface area contributed by atoms with E-state index in [9.17, 15) is 4.79 Å². The Morgan fingerprint density at radius 3 is 2.20 bits per heavy atom. The molecule has 0 heterocycles. The first-order chi connectivity index (χ1) is 6.92. The Labute approximate surface area is 100 Å². The number of methoxy groups -OCH3 is 1. The molecule has 0 amide bonds. The van der Waals surface area contributed by atoms with E-state index in [1.54, 1.807) is 13.0 Å². The van der Waals surface area contributed by atoms with Gasteiger partial charge in [0.2, 0.25) is 0 Å². The second-order valence-corrected chi connectivity index (χ2v) is 3.68. The highest BCUT2D eigenvalue weighted by atomic mass is 79.9. The maximum atomic E-state index is 10.9. The number of allylic oxidation sites excluding steroid dienone is 1. The molecule has 88 valence electrons. The van der Waals surface area contributed by atoms with Gasteiger partial charge in [-0.05, 0) is 26.3 Å². The highest BCUT2D eigenvalue weighted by Gasteiger charge is 2.09. The molecule has 4 heteroatoms. The third-order valence-electron chi connectivity index (χ3n) is 1.88. The van der Waals surface area contributed by atoms with Crippen LogP contribution in [-0.4, -0.2) is 24.5 Å². The Hall–Kier alpha value is -0.610. The van der Waals surface area contributed by atoms with Gasteiger partial charge in [-0.15, -0.1) is 6.58 Å². The molecule has 0 aromatic rings. The first-order valence-electron chi connectivity index (χ1n) is 4.60. The van der Waals surface area contributed by atoms with E-state index in [2.05, 4.69) is 27.2 Å². The Balaban J connectivity index is 0. The predicted octanol–water partition coefficient (Wildman–Crippen LogP) is 2.41. The lowest BCUT2D eigenvalue weighted by atomic mass is 10.1. The fourth-order valence-electron chi connectivity index (χ4n) is 0.656. The van der Waals surface area contributed by atoms with Gasteiger partial charge in [-0.1, -0.05) is 22.0 Å². The molecule has 0 aliphatic rings. The van der Waals surface area contributed by atoms with E-state index in [1.165, 1.54) is 7.11 Å². The molecule has 0 saturated heterocycles. The molecule has 0 bridgehead atoms. The van der Waals surface area contributed by atoms with Crippen LogP contribution in [0.2, 0.25) is 0 Å². The highest BCUT2D eigenvalue weighted by molar-refractivity contribution is 9.09. The molecule has 0 saturated carbocycles. The normalized spacial score (nSPS) is 12.9. The average molecular weight is 278 g/mol. The zero-order chi connectivity index (χ0) is 12.4. The van der Waals surface area contributed by atoms with Crippen LogP contribution >= 0.6 is 15.9 Å². The minimum atomic E-state index is -0.306. The van der Waals surface area contributed by atoms with E-state index in [-0.39, 0.29) is 12.0 Å². The summed E-state index contributed by atoms with van der Waals surface area (Å²) in [6, 6.07) is -0.0888. The lowest BCUT2D eigenvalue weighted by Crippen LogP contribution is -2.19. The summed E-state index contributed by atoms with van der Waals surface area (Å²) in [5.41, 5.74) is 7.04. The Morgan fingerprint density at radius 2 is 2.00 bits per heavy atom. The van der Waals surface area contributed by atoms with Gasteiger partial charge in [-0.2, -0.15) is 0 Å². The average Bonchev–Trinajstić information content (AvgIpc) is 2.25. The smallest absolute Gasteiger partial charge is 0.333 e. The van der Waals surface area contributed by atoms with Gasteiger partial charge in [-0.3, -0.25) is 0 Å². The SMILES string of the molecule is C=CCBr.COC(=O)C(C)=C(C)C(C)N. The maximum absolute atomic E-state index is 10.9. The van der Waals surface area contributed by atoms with Crippen LogP contribution in [0.15, 0.2) is 23.8 Å². The minimum absolute atomic E-state index is 0.0888. The number of nitrogens with two attached hydrogens (primary N) is 1. The predicted molar refractivity (Wildman–Crippen MR) is 68.0 cm³/mol. The summed E-state index contributed by atoms with van der Waals surface area (Å²) < 4.78 is 4.53. The topological polar surface area (TPSA) is 52.3 Å². The van der Waals surface area contributed by atoms with Crippen molar-refractivity contribution in [2.24, 2.45) is 5.73 Å². The number of rotatable bonds is 3. The van der Waals surface area contributed by atoms with E-state index in [4.69, 9.17) is 5.73 Å². The first kappa shape index (κ1) is 16.8. The number of ether oxygens (including phenoxy) is 1. The zero-order valence-electron chi connectivity index (χ0n) is 9.84. The van der Waals surface area contributed by atoms with Crippen LogP contribution < -0.4 is 5.73 Å². The molecular weight excluding hydrogens is 258 g/mol. The quantitative estimate of drug-likeness (QED) is 0.373. The summed E-state index contributed by atoms with van der Waals surface area (Å²) in [5.74, 6) is -0.306. The fourth-order valence-corrected chi connectivity index (χ4v) is 0.656. The molecule has 0 rings (SSSR count). The third-order valence-corrected chi connectivity index (χ3v) is 2.33. The van der Waals surface area contributed by atoms with Gasteiger partial charge in [0.15, 0.2) is 0 Å². The van der Waals surface area contributed by atoms with Crippen molar-refractivity contribution in [1.82, 2.24) is 0 Å². The van der Waals surface area contributed by atoms with E-state index >= 15 is 0 Å². The molecule has 0 aliphatic heterocycles. The molecular formula is C11H20BrNO2. The number of esters is 1. The van der Waals surface area contributed by atoms with E-state index in [1.807, 2.05) is 13.8 Å². The van der Waals surface area contributed by atoms with Crippen molar-refractivity contribution >= 4 is 21.9 Å². The summed E-state index contributed by atoms with van der Waals surface area (Å²) in [4.78, 5) is 10.9. The van der Waals surface area contributed by atoms with Crippen LogP contribution in [0.3, 0.4) is 0 Å². The van der Waals surface area contributed by atoms with Crippen molar-refractivity contribution in [3.8, 4) is 0 Å². The van der Waals surface area contributed by atoms with Crippen molar-refractivity contribution in [3.63, 3.8) is 0 Å². The third kappa shape index (κ3) is 8.39. The fraction of sp³-hybridized carbons (Fsp3) is 0.545. The molecule has 0 radical (unpaired) electrons. The van der Waals surface area contributed by atoms with Gasteiger partial charge in [0.1, 0.15) is 0 Å². The summed E-state index contributed by atoms with van der Waals surface area (Å²) >= 11 is 3.13. The molecule has 0 fully saturated rings. The lowest BCUT2D eigenvalue weighted by molar-refractivity contribution is -0.136. The molecule has 3 nitrogen and oxygen atoms in total. The van der Waals surface area contributed by atoms with Crippen LogP contribution in [0.25, 0.3) is 0 Å². The van der Waals surface area contributed by atoms with Crippen molar-refractivity contribution in [2.45, 2.75) is 26.8 Å². The molecule has 0 aromatic heterocycles. The molecule has 15 heavy (non-hydrogen) atoms. The molecule has 2 N–H and O–H groups in total. The second kappa shape index (κ2) is 9.93. The number of hydrogen-bond donors (Lipinski definition) is 1. The first-order valence-corrected chi connectivity index (χ1v) is 5.72. The monoisotopic (exact) mass is 277 g/mol. The van der Waals surface area contributed by atoms with Gasteiger partial charge in [0, 0.05) is 16.9 Å². The molecule has 1 atom stereocenters. The van der Waals surface area contributed by atoms with Crippen molar-refractivity contribution in [1.29, 1.82) is 0 Å². The maximum Gasteiger partial charge on any atom is 0.333 e. The Bertz CT molecular complexity index is 235. The highest BCUT2D eigenvalue weighted by Crippen LogP contribution is 2.07. The van der Waals surface area contributed by atoms with Gasteiger partial charge < -0.3 is 10.5 Å². The Morgan fingerprint density at radius 1 is 1.60 bits per heavy atom. The van der Waals surface area contributed by atoms with Crippen molar-refractivity contribution in [3.05, 3.63) is 23.8 Å². The van der Waals surface area contributed by atoms with Crippen LogP contribution in [0.4, 0.5) is 0 Å². The molecule has 0 spiro atoms. The van der Waals surface area contributed by atoms with Gasteiger partial charge in [0.25, 0.3) is 0 Å². The van der Waals surface area contributed by atoms with Crippen LogP contribution in [-0.2, 0) is 9.53 Å². The van der Waals surface area contributed by atoms with Gasteiger partial charge in [0.05, 0.1) is 7.11 Å². The number of halogens is 1. The van der Waals surface area contributed by atoms with Crippen LogP contribution in [0, 0.1) is 0 Å². The van der Waals surface area contributed by atoms with Gasteiger partial charge >= 0.3 is 5.97 Å². The lowest BCUT2D eigenvalue weighted by Gasteiger charge is -2.08. The van der Waals surface area contributed by atoms with Crippen LogP contribution in [0.1, 0.15) is 20.8 Å². The van der Waals surface area contributed by atoms with Crippen LogP contribution in [0.5, 0.6) is 0 Å². The van der Waals surface area contributed by atoms with E-state index < -0.39 is 0 Å². The minimum Gasteiger partial charge on any atom is -0.466 e.